The molecule has 0 aliphatic carbocycles. The van der Waals surface area contributed by atoms with E-state index in [1.165, 1.54) is 18.8 Å². The molecule has 0 atom stereocenters. The lowest BCUT2D eigenvalue weighted by Gasteiger charge is -2.21. The predicted octanol–water partition coefficient (Wildman–Crippen LogP) is 2.99. The second kappa shape index (κ2) is 9.71. The molecule has 4 rings (SSSR count). The summed E-state index contributed by atoms with van der Waals surface area (Å²) in [5, 5.41) is 0.799. The van der Waals surface area contributed by atoms with Crippen LogP contribution in [0.1, 0.15) is 30.0 Å². The Morgan fingerprint density at radius 1 is 1.06 bits per heavy atom. The number of benzene rings is 2. The van der Waals surface area contributed by atoms with Crippen molar-refractivity contribution in [1.82, 2.24) is 24.4 Å². The van der Waals surface area contributed by atoms with Crippen molar-refractivity contribution in [2.45, 2.75) is 26.9 Å². The number of nitrogens with one attached hydrogen (secondary N) is 2. The summed E-state index contributed by atoms with van der Waals surface area (Å²) in [6.07, 6.45) is 0. The molecule has 1 amide bonds. The van der Waals surface area contributed by atoms with Crippen LogP contribution >= 0.6 is 12.2 Å². The van der Waals surface area contributed by atoms with Crippen molar-refractivity contribution >= 4 is 39.9 Å². The van der Waals surface area contributed by atoms with E-state index in [1.807, 2.05) is 13.8 Å². The number of carbonyl (C=O) groups excluding carboxylic acids is 1. The first-order chi connectivity index (χ1) is 16.8. The molecule has 2 heterocycles. The largest absolute Gasteiger partial charge is 0.493 e. The summed E-state index contributed by atoms with van der Waals surface area (Å²) in [4.78, 5) is 50.5. The average molecular weight is 496 g/mol. The van der Waals surface area contributed by atoms with Gasteiger partial charge in [0.25, 0.3) is 17.0 Å². The maximum absolute atomic E-state index is 13.3. The molecule has 0 bridgehead atoms. The third kappa shape index (κ3) is 4.42. The van der Waals surface area contributed by atoms with Crippen LogP contribution < -0.4 is 20.6 Å². The number of nitrogens with zero attached hydrogens (tertiary/aromatic N) is 3. The third-order valence-corrected chi connectivity index (χ3v) is 6.14. The summed E-state index contributed by atoms with van der Waals surface area (Å²) in [5.41, 5.74) is 0.746. The molecule has 4 aromatic rings. The molecule has 0 radical (unpaired) electrons. The van der Waals surface area contributed by atoms with Crippen molar-refractivity contribution in [2.75, 3.05) is 20.8 Å². The van der Waals surface area contributed by atoms with Crippen molar-refractivity contribution in [3.63, 3.8) is 0 Å². The third-order valence-electron chi connectivity index (χ3n) is 5.81. The number of hydrogen-bond acceptors (Lipinski definition) is 7. The molecule has 35 heavy (non-hydrogen) atoms. The van der Waals surface area contributed by atoms with Gasteiger partial charge in [0.1, 0.15) is 5.82 Å². The summed E-state index contributed by atoms with van der Waals surface area (Å²) in [6.45, 7) is 4.58. The van der Waals surface area contributed by atoms with Gasteiger partial charge in [-0.05, 0) is 50.3 Å². The molecule has 11 heteroatoms. The van der Waals surface area contributed by atoms with Crippen LogP contribution in [0.25, 0.3) is 21.8 Å². The molecule has 2 aromatic carbocycles. The Morgan fingerprint density at radius 3 is 2.43 bits per heavy atom. The van der Waals surface area contributed by atoms with E-state index in [1.54, 1.807) is 35.2 Å². The van der Waals surface area contributed by atoms with Gasteiger partial charge in [-0.3, -0.25) is 19.0 Å². The number of hydrogen-bond donors (Lipinski definition) is 2. The molecule has 2 N–H and O–H groups in total. The Hall–Kier alpha value is -3.99. The van der Waals surface area contributed by atoms with Crippen LogP contribution in [0.2, 0.25) is 0 Å². The number of H-pyrrole nitrogens is 2. The highest BCUT2D eigenvalue weighted by atomic mass is 32.1. The standard InChI is InChI=1S/C24H25N5O5S/c1-5-28(12-20-25-17-11-19(34-4)18(33-3)10-15(17)21(30)27-20)22(31)13-7-8-14-16(9-13)26-24(35)29(6-2)23(14)32/h7-11H,5-6,12H2,1-4H3,(H,26,35)(H,25,27,30). The highest BCUT2D eigenvalue weighted by molar-refractivity contribution is 7.71. The molecule has 0 unspecified atom stereocenters. The van der Waals surface area contributed by atoms with Crippen molar-refractivity contribution in [2.24, 2.45) is 0 Å². The summed E-state index contributed by atoms with van der Waals surface area (Å²) < 4.78 is 12.3. The van der Waals surface area contributed by atoms with Crippen LogP contribution in [0.3, 0.4) is 0 Å². The normalized spacial score (nSPS) is 11.1. The van der Waals surface area contributed by atoms with Crippen molar-refractivity contribution in [1.29, 1.82) is 0 Å². The van der Waals surface area contributed by atoms with Crippen molar-refractivity contribution < 1.29 is 14.3 Å². The second-order valence-electron chi connectivity index (χ2n) is 7.80. The van der Waals surface area contributed by atoms with E-state index in [4.69, 9.17) is 21.7 Å². The van der Waals surface area contributed by atoms with Crippen LogP contribution in [0.15, 0.2) is 39.9 Å². The van der Waals surface area contributed by atoms with Gasteiger partial charge >= 0.3 is 0 Å². The molecule has 0 saturated heterocycles. The molecule has 0 saturated carbocycles. The number of fused-ring (bicyclic) bond motifs is 2. The van der Waals surface area contributed by atoms with Crippen LogP contribution in [-0.4, -0.2) is 51.1 Å². The van der Waals surface area contributed by atoms with Crippen LogP contribution in [0.4, 0.5) is 0 Å². The molecular weight excluding hydrogens is 470 g/mol. The zero-order chi connectivity index (χ0) is 25.3. The quantitative estimate of drug-likeness (QED) is 0.378. The van der Waals surface area contributed by atoms with E-state index < -0.39 is 0 Å². The fourth-order valence-electron chi connectivity index (χ4n) is 3.95. The van der Waals surface area contributed by atoms with Gasteiger partial charge in [0.2, 0.25) is 0 Å². The average Bonchev–Trinajstić information content (AvgIpc) is 2.86. The van der Waals surface area contributed by atoms with Gasteiger partial charge in [0.05, 0.1) is 42.6 Å². The monoisotopic (exact) mass is 495 g/mol. The van der Waals surface area contributed by atoms with E-state index in [9.17, 15) is 14.4 Å². The van der Waals surface area contributed by atoms with E-state index in [0.717, 1.165) is 0 Å². The van der Waals surface area contributed by atoms with Crippen molar-refractivity contribution in [3.8, 4) is 11.5 Å². The minimum atomic E-state index is -0.347. The zero-order valence-electron chi connectivity index (χ0n) is 19.8. The number of aromatic nitrogens is 4. The Morgan fingerprint density at radius 2 is 1.77 bits per heavy atom. The molecule has 10 nitrogen and oxygen atoms in total. The lowest BCUT2D eigenvalue weighted by molar-refractivity contribution is 0.0748. The predicted molar refractivity (Wildman–Crippen MR) is 135 cm³/mol. The van der Waals surface area contributed by atoms with Crippen LogP contribution in [0, 0.1) is 4.77 Å². The molecule has 2 aromatic heterocycles. The summed E-state index contributed by atoms with van der Waals surface area (Å²) >= 11 is 5.27. The number of amides is 1. The second-order valence-corrected chi connectivity index (χ2v) is 8.18. The van der Waals surface area contributed by atoms with Gasteiger partial charge in [-0.25, -0.2) is 4.98 Å². The maximum Gasteiger partial charge on any atom is 0.262 e. The fraction of sp³-hybridized carbons (Fsp3) is 0.292. The minimum absolute atomic E-state index is 0.0837. The highest BCUT2D eigenvalue weighted by Crippen LogP contribution is 2.30. The SMILES string of the molecule is CCN(Cc1nc2cc(OC)c(OC)cc2c(=O)[nH]1)C(=O)c1ccc2c(=O)n(CC)c(=S)[nH]c2c1. The summed E-state index contributed by atoms with van der Waals surface area (Å²) in [7, 11) is 2.99. The van der Waals surface area contributed by atoms with Gasteiger partial charge in [0.15, 0.2) is 16.3 Å². The van der Waals surface area contributed by atoms with E-state index in [0.29, 0.717) is 62.6 Å². The van der Waals surface area contributed by atoms with E-state index in [2.05, 4.69) is 15.0 Å². The topological polar surface area (TPSA) is 122 Å². The lowest BCUT2D eigenvalue weighted by atomic mass is 10.1. The first kappa shape index (κ1) is 24.1. The molecule has 0 spiro atoms. The summed E-state index contributed by atoms with van der Waals surface area (Å²) in [6, 6.07) is 8.04. The Labute approximate surface area is 205 Å². The van der Waals surface area contributed by atoms with E-state index >= 15 is 0 Å². The maximum atomic E-state index is 13.3. The molecule has 0 fully saturated rings. The van der Waals surface area contributed by atoms with E-state index in [-0.39, 0.29) is 23.6 Å². The number of ether oxygens (including phenoxy) is 2. The fourth-order valence-corrected chi connectivity index (χ4v) is 4.28. The Kier molecular flexibility index (Phi) is 6.70. The zero-order valence-corrected chi connectivity index (χ0v) is 20.6. The Balaban J connectivity index is 1.69. The number of methoxy groups -OCH3 is 2. The first-order valence-corrected chi connectivity index (χ1v) is 11.4. The number of aromatic amines is 2. The van der Waals surface area contributed by atoms with Gasteiger partial charge in [0, 0.05) is 24.7 Å². The van der Waals surface area contributed by atoms with Crippen LogP contribution in [0.5, 0.6) is 11.5 Å². The molecular formula is C24H25N5O5S. The van der Waals surface area contributed by atoms with Gasteiger partial charge in [-0.1, -0.05) is 0 Å². The van der Waals surface area contributed by atoms with Gasteiger partial charge < -0.3 is 24.3 Å². The van der Waals surface area contributed by atoms with Gasteiger partial charge in [-0.15, -0.1) is 0 Å². The molecule has 182 valence electrons. The minimum Gasteiger partial charge on any atom is -0.493 e. The van der Waals surface area contributed by atoms with Crippen molar-refractivity contribution in [3.05, 3.63) is 67.2 Å². The van der Waals surface area contributed by atoms with Gasteiger partial charge in [-0.2, -0.15) is 0 Å². The lowest BCUT2D eigenvalue weighted by Crippen LogP contribution is -2.32. The molecule has 0 aliphatic rings. The number of rotatable bonds is 7. The summed E-state index contributed by atoms with van der Waals surface area (Å²) in [5.74, 6) is 0.925. The van der Waals surface area contributed by atoms with Crippen LogP contribution in [-0.2, 0) is 13.1 Å². The smallest absolute Gasteiger partial charge is 0.262 e. The first-order valence-electron chi connectivity index (χ1n) is 11.0. The molecule has 0 aliphatic heterocycles. The Bertz CT molecular complexity index is 1620. The number of carbonyl (C=O) groups is 1. The highest BCUT2D eigenvalue weighted by Gasteiger charge is 2.18.